The maximum atomic E-state index is 11.5. The monoisotopic (exact) mass is 237 g/mol. The number of carbonyl (C=O) groups is 2. The lowest BCUT2D eigenvalue weighted by Gasteiger charge is -2.13. The van der Waals surface area contributed by atoms with Gasteiger partial charge in [-0.15, -0.1) is 0 Å². The second kappa shape index (κ2) is 5.29. The third kappa shape index (κ3) is 3.44. The lowest BCUT2D eigenvalue weighted by Crippen LogP contribution is -2.27. The van der Waals surface area contributed by atoms with Crippen LogP contribution in [0, 0.1) is 5.92 Å². The summed E-state index contributed by atoms with van der Waals surface area (Å²) in [6.45, 7) is 1.33. The van der Waals surface area contributed by atoms with Gasteiger partial charge in [0.1, 0.15) is 17.6 Å². The van der Waals surface area contributed by atoms with E-state index in [0.29, 0.717) is 11.6 Å². The van der Waals surface area contributed by atoms with Crippen LogP contribution in [-0.2, 0) is 9.59 Å². The molecule has 0 radical (unpaired) electrons. The number of hydrogen-bond donors (Lipinski definition) is 2. The van der Waals surface area contributed by atoms with Crippen molar-refractivity contribution in [1.29, 1.82) is 0 Å². The first-order chi connectivity index (χ1) is 7.91. The Hall–Kier alpha value is -2.11. The summed E-state index contributed by atoms with van der Waals surface area (Å²) in [6.07, 6.45) is 0. The van der Waals surface area contributed by atoms with Crippen molar-refractivity contribution >= 4 is 23.5 Å². The minimum absolute atomic E-state index is 0.342. The Kier molecular flexibility index (Phi) is 4.03. The minimum atomic E-state index is -1.16. The standard InChI is InChI=1S/C11H15N3O3/c1-7(11(16)17)10(15)13-8-5-4-6-9(12-8)14(2)3/h4-7H,1-3H3,(H,16,17)(H,12,13,15). The van der Waals surface area contributed by atoms with E-state index in [2.05, 4.69) is 10.3 Å². The molecular formula is C11H15N3O3. The molecule has 1 unspecified atom stereocenters. The quantitative estimate of drug-likeness (QED) is 0.757. The van der Waals surface area contributed by atoms with E-state index in [0.717, 1.165) is 0 Å². The van der Waals surface area contributed by atoms with Gasteiger partial charge in [0.2, 0.25) is 5.91 Å². The summed E-state index contributed by atoms with van der Waals surface area (Å²) in [4.78, 5) is 28.0. The van der Waals surface area contributed by atoms with Crippen molar-refractivity contribution in [3.63, 3.8) is 0 Å². The van der Waals surface area contributed by atoms with Gasteiger partial charge in [-0.25, -0.2) is 4.98 Å². The fourth-order valence-corrected chi connectivity index (χ4v) is 1.09. The fourth-order valence-electron chi connectivity index (χ4n) is 1.09. The highest BCUT2D eigenvalue weighted by atomic mass is 16.4. The molecular weight excluding hydrogens is 222 g/mol. The molecule has 0 aliphatic carbocycles. The topological polar surface area (TPSA) is 82.5 Å². The van der Waals surface area contributed by atoms with Crippen LogP contribution in [0.5, 0.6) is 0 Å². The second-order valence-corrected chi connectivity index (χ2v) is 3.82. The zero-order chi connectivity index (χ0) is 13.0. The molecule has 1 amide bonds. The number of aromatic nitrogens is 1. The Labute approximate surface area is 99.3 Å². The number of anilines is 2. The first-order valence-corrected chi connectivity index (χ1v) is 5.10. The van der Waals surface area contributed by atoms with E-state index < -0.39 is 17.8 Å². The maximum absolute atomic E-state index is 11.5. The summed E-state index contributed by atoms with van der Waals surface area (Å²) in [5.74, 6) is -1.81. The molecule has 1 aromatic heterocycles. The highest BCUT2D eigenvalue weighted by molar-refractivity contribution is 6.03. The molecule has 0 spiro atoms. The number of carboxylic acids is 1. The third-order valence-corrected chi connectivity index (χ3v) is 2.21. The predicted molar refractivity (Wildman–Crippen MR) is 64.0 cm³/mol. The molecule has 1 heterocycles. The number of nitrogens with zero attached hydrogens (tertiary/aromatic N) is 2. The SMILES string of the molecule is CC(C(=O)O)C(=O)Nc1cccc(N(C)C)n1. The highest BCUT2D eigenvalue weighted by Gasteiger charge is 2.20. The van der Waals surface area contributed by atoms with Gasteiger partial charge in [0.25, 0.3) is 0 Å². The van der Waals surface area contributed by atoms with Crippen LogP contribution in [0.1, 0.15) is 6.92 Å². The number of nitrogens with one attached hydrogen (secondary N) is 1. The van der Waals surface area contributed by atoms with Gasteiger partial charge in [0, 0.05) is 14.1 Å². The molecule has 0 aromatic carbocycles. The van der Waals surface area contributed by atoms with Crippen LogP contribution in [0.4, 0.5) is 11.6 Å². The van der Waals surface area contributed by atoms with Crippen LogP contribution < -0.4 is 10.2 Å². The zero-order valence-electron chi connectivity index (χ0n) is 9.97. The summed E-state index contributed by atoms with van der Waals surface area (Å²) >= 11 is 0. The molecule has 1 aromatic rings. The molecule has 0 bridgehead atoms. The highest BCUT2D eigenvalue weighted by Crippen LogP contribution is 2.12. The molecule has 0 aliphatic heterocycles. The number of pyridine rings is 1. The van der Waals surface area contributed by atoms with Gasteiger partial charge in [-0.05, 0) is 19.1 Å². The normalized spacial score (nSPS) is 11.7. The molecule has 92 valence electrons. The Morgan fingerprint density at radius 2 is 2.06 bits per heavy atom. The summed E-state index contributed by atoms with van der Waals surface area (Å²) in [5, 5.41) is 11.1. The molecule has 1 atom stereocenters. The average molecular weight is 237 g/mol. The average Bonchev–Trinajstić information content (AvgIpc) is 2.28. The zero-order valence-corrected chi connectivity index (χ0v) is 9.97. The van der Waals surface area contributed by atoms with Gasteiger partial charge in [-0.1, -0.05) is 6.07 Å². The molecule has 6 nitrogen and oxygen atoms in total. The van der Waals surface area contributed by atoms with Crippen molar-refractivity contribution in [3.8, 4) is 0 Å². The van der Waals surface area contributed by atoms with Gasteiger partial charge in [-0.2, -0.15) is 0 Å². The van der Waals surface area contributed by atoms with E-state index in [9.17, 15) is 9.59 Å². The smallest absolute Gasteiger partial charge is 0.315 e. The second-order valence-electron chi connectivity index (χ2n) is 3.82. The molecule has 0 saturated carbocycles. The number of carbonyl (C=O) groups excluding carboxylic acids is 1. The van der Waals surface area contributed by atoms with E-state index in [-0.39, 0.29) is 0 Å². The van der Waals surface area contributed by atoms with E-state index in [1.807, 2.05) is 14.1 Å². The van der Waals surface area contributed by atoms with Crippen molar-refractivity contribution in [2.75, 3.05) is 24.3 Å². The Morgan fingerprint density at radius 1 is 1.41 bits per heavy atom. The van der Waals surface area contributed by atoms with E-state index in [1.54, 1.807) is 23.1 Å². The number of carboxylic acid groups (broad SMARTS) is 1. The van der Waals surface area contributed by atoms with Crippen LogP contribution in [-0.4, -0.2) is 36.1 Å². The Balaban J connectivity index is 2.78. The van der Waals surface area contributed by atoms with Crippen LogP contribution >= 0.6 is 0 Å². The molecule has 1 rings (SSSR count). The van der Waals surface area contributed by atoms with Crippen LogP contribution in [0.25, 0.3) is 0 Å². The van der Waals surface area contributed by atoms with Gasteiger partial charge in [0.15, 0.2) is 0 Å². The summed E-state index contributed by atoms with van der Waals surface area (Å²) in [5.41, 5.74) is 0. The van der Waals surface area contributed by atoms with E-state index in [1.165, 1.54) is 6.92 Å². The van der Waals surface area contributed by atoms with E-state index >= 15 is 0 Å². The third-order valence-electron chi connectivity index (χ3n) is 2.21. The van der Waals surface area contributed by atoms with Crippen molar-refractivity contribution in [2.24, 2.45) is 5.92 Å². The van der Waals surface area contributed by atoms with Crippen LogP contribution in [0.2, 0.25) is 0 Å². The Morgan fingerprint density at radius 3 is 2.59 bits per heavy atom. The fraction of sp³-hybridized carbons (Fsp3) is 0.364. The van der Waals surface area contributed by atoms with Crippen molar-refractivity contribution in [2.45, 2.75) is 6.92 Å². The van der Waals surface area contributed by atoms with Crippen LogP contribution in [0.15, 0.2) is 18.2 Å². The maximum Gasteiger partial charge on any atom is 0.315 e. The molecule has 6 heteroatoms. The van der Waals surface area contributed by atoms with Gasteiger partial charge in [0.05, 0.1) is 0 Å². The molecule has 17 heavy (non-hydrogen) atoms. The summed E-state index contributed by atoms with van der Waals surface area (Å²) in [7, 11) is 3.65. The molecule has 0 aliphatic rings. The van der Waals surface area contributed by atoms with Crippen molar-refractivity contribution in [3.05, 3.63) is 18.2 Å². The van der Waals surface area contributed by atoms with Crippen molar-refractivity contribution < 1.29 is 14.7 Å². The molecule has 0 fully saturated rings. The number of hydrogen-bond acceptors (Lipinski definition) is 4. The first kappa shape index (κ1) is 13.0. The molecule has 2 N–H and O–H groups in total. The first-order valence-electron chi connectivity index (χ1n) is 5.10. The van der Waals surface area contributed by atoms with Crippen LogP contribution in [0.3, 0.4) is 0 Å². The predicted octanol–water partition coefficient (Wildman–Crippen LogP) is 0.807. The number of aliphatic carboxylic acids is 1. The largest absolute Gasteiger partial charge is 0.481 e. The van der Waals surface area contributed by atoms with Crippen molar-refractivity contribution in [1.82, 2.24) is 4.98 Å². The minimum Gasteiger partial charge on any atom is -0.481 e. The lowest BCUT2D eigenvalue weighted by atomic mass is 10.2. The summed E-state index contributed by atoms with van der Waals surface area (Å²) < 4.78 is 0. The number of amides is 1. The Bertz CT molecular complexity index is 432. The molecule has 0 saturated heterocycles. The number of rotatable bonds is 4. The lowest BCUT2D eigenvalue weighted by molar-refractivity contribution is -0.144. The van der Waals surface area contributed by atoms with Gasteiger partial charge >= 0.3 is 5.97 Å². The van der Waals surface area contributed by atoms with E-state index in [4.69, 9.17) is 5.11 Å². The van der Waals surface area contributed by atoms with Gasteiger partial charge in [-0.3, -0.25) is 9.59 Å². The summed E-state index contributed by atoms with van der Waals surface area (Å²) in [6, 6.07) is 5.14. The van der Waals surface area contributed by atoms with Gasteiger partial charge < -0.3 is 15.3 Å².